The average molecular weight is 280 g/mol. The van der Waals surface area contributed by atoms with Crippen molar-refractivity contribution in [1.29, 1.82) is 0 Å². The molecule has 2 N–H and O–H groups in total. The molecule has 3 rings (SSSR count). The number of nitrogens with zero attached hydrogens (tertiary/aromatic N) is 1. The van der Waals surface area contributed by atoms with Crippen molar-refractivity contribution in [1.82, 2.24) is 5.43 Å². The van der Waals surface area contributed by atoms with Crippen LogP contribution in [0.3, 0.4) is 0 Å². The third-order valence-electron chi connectivity index (χ3n) is 3.05. The van der Waals surface area contributed by atoms with E-state index < -0.39 is 5.91 Å². The third-order valence-corrected chi connectivity index (χ3v) is 3.05. The predicted molar refractivity (Wildman–Crippen MR) is 79.4 cm³/mol. The second-order valence-corrected chi connectivity index (χ2v) is 4.40. The van der Waals surface area contributed by atoms with Crippen molar-refractivity contribution in [2.24, 2.45) is 5.10 Å². The smallest absolute Gasteiger partial charge is 0.275 e. The minimum Gasteiger partial charge on any atom is -0.506 e. The fourth-order valence-electron chi connectivity index (χ4n) is 2.02. The predicted octanol–water partition coefficient (Wildman–Crippen LogP) is 2.90. The molecule has 0 radical (unpaired) electrons. The van der Waals surface area contributed by atoms with Crippen molar-refractivity contribution >= 4 is 22.9 Å². The number of phenolic OH excluding ortho intramolecular Hbond substituents is 1. The van der Waals surface area contributed by atoms with Gasteiger partial charge in [0.1, 0.15) is 11.5 Å². The number of rotatable bonds is 3. The molecule has 5 nitrogen and oxygen atoms in total. The Morgan fingerprint density at radius 2 is 2.00 bits per heavy atom. The Morgan fingerprint density at radius 1 is 1.14 bits per heavy atom. The first-order valence-electron chi connectivity index (χ1n) is 6.33. The highest BCUT2D eigenvalue weighted by Gasteiger charge is 2.12. The molecule has 5 heteroatoms. The summed E-state index contributed by atoms with van der Waals surface area (Å²) in [6.07, 6.45) is 2.90. The van der Waals surface area contributed by atoms with E-state index in [0.717, 1.165) is 5.39 Å². The van der Waals surface area contributed by atoms with Crippen LogP contribution in [-0.2, 0) is 0 Å². The van der Waals surface area contributed by atoms with Crippen LogP contribution in [0.15, 0.2) is 64.3 Å². The van der Waals surface area contributed by atoms with Gasteiger partial charge in [0.2, 0.25) is 0 Å². The number of amides is 1. The van der Waals surface area contributed by atoms with Crippen LogP contribution >= 0.6 is 0 Å². The van der Waals surface area contributed by atoms with Crippen LogP contribution in [0.4, 0.5) is 0 Å². The van der Waals surface area contributed by atoms with E-state index in [9.17, 15) is 9.90 Å². The van der Waals surface area contributed by atoms with E-state index in [1.165, 1.54) is 12.5 Å². The zero-order valence-electron chi connectivity index (χ0n) is 11.0. The lowest BCUT2D eigenvalue weighted by Gasteiger charge is -2.06. The van der Waals surface area contributed by atoms with E-state index in [2.05, 4.69) is 10.5 Å². The molecule has 0 aliphatic carbocycles. The Balaban J connectivity index is 1.83. The Labute approximate surface area is 120 Å². The molecule has 0 saturated carbocycles. The summed E-state index contributed by atoms with van der Waals surface area (Å²) in [6.45, 7) is 0. The maximum atomic E-state index is 12.0. The normalized spacial score (nSPS) is 11.0. The number of nitrogens with one attached hydrogen (secondary N) is 1. The van der Waals surface area contributed by atoms with Gasteiger partial charge in [-0.1, -0.05) is 30.3 Å². The molecule has 0 aliphatic rings. The summed E-state index contributed by atoms with van der Waals surface area (Å²) in [5, 5.41) is 15.4. The lowest BCUT2D eigenvalue weighted by Crippen LogP contribution is -2.17. The number of carbonyl (C=O) groups excluding carboxylic acids is 1. The average Bonchev–Trinajstić information content (AvgIpc) is 3.01. The van der Waals surface area contributed by atoms with Gasteiger partial charge >= 0.3 is 0 Å². The summed E-state index contributed by atoms with van der Waals surface area (Å²) in [4.78, 5) is 12.0. The Bertz CT molecular complexity index is 808. The Kier molecular flexibility index (Phi) is 3.39. The van der Waals surface area contributed by atoms with E-state index in [1.807, 2.05) is 12.1 Å². The molecule has 3 aromatic rings. The van der Waals surface area contributed by atoms with E-state index in [-0.39, 0.29) is 11.3 Å². The molecule has 1 amide bonds. The van der Waals surface area contributed by atoms with Crippen LogP contribution in [0, 0.1) is 0 Å². The quantitative estimate of drug-likeness (QED) is 0.572. The zero-order valence-corrected chi connectivity index (χ0v) is 11.0. The van der Waals surface area contributed by atoms with Gasteiger partial charge in [-0.2, -0.15) is 5.10 Å². The van der Waals surface area contributed by atoms with Crippen molar-refractivity contribution in [2.75, 3.05) is 0 Å². The molecule has 0 saturated heterocycles. The molecule has 104 valence electrons. The molecule has 1 heterocycles. The van der Waals surface area contributed by atoms with Gasteiger partial charge in [0.25, 0.3) is 5.91 Å². The molecule has 0 fully saturated rings. The summed E-state index contributed by atoms with van der Waals surface area (Å²) in [6, 6.07) is 14.1. The minimum atomic E-state index is -0.485. The number of fused-ring (bicyclic) bond motifs is 1. The number of hydrogen-bond acceptors (Lipinski definition) is 4. The van der Waals surface area contributed by atoms with Gasteiger partial charge in [-0.25, -0.2) is 5.43 Å². The highest BCUT2D eigenvalue weighted by Crippen LogP contribution is 2.28. The molecule has 2 aromatic carbocycles. The summed E-state index contributed by atoms with van der Waals surface area (Å²) in [7, 11) is 0. The third kappa shape index (κ3) is 2.62. The standard InChI is InChI=1S/C16H12N2O3/c19-15-13-6-2-1-4-11(13)7-8-14(15)16(20)18-17-10-12-5-3-9-21-12/h1-10,19H,(H,18,20)/b17-10-. The zero-order chi connectivity index (χ0) is 14.7. The topological polar surface area (TPSA) is 74.8 Å². The number of furan rings is 1. The second-order valence-electron chi connectivity index (χ2n) is 4.40. The summed E-state index contributed by atoms with van der Waals surface area (Å²) in [5.74, 6) is -0.0158. The minimum absolute atomic E-state index is 0.0567. The van der Waals surface area contributed by atoms with E-state index in [0.29, 0.717) is 11.1 Å². The number of phenols is 1. The van der Waals surface area contributed by atoms with E-state index in [4.69, 9.17) is 4.42 Å². The lowest BCUT2D eigenvalue weighted by atomic mass is 10.1. The number of carbonyl (C=O) groups is 1. The van der Waals surface area contributed by atoms with E-state index in [1.54, 1.807) is 36.4 Å². The van der Waals surface area contributed by atoms with Crippen LogP contribution in [0.2, 0.25) is 0 Å². The van der Waals surface area contributed by atoms with Crippen LogP contribution in [0.1, 0.15) is 16.1 Å². The number of hydrogen-bond donors (Lipinski definition) is 2. The van der Waals surface area contributed by atoms with Crippen molar-refractivity contribution in [2.45, 2.75) is 0 Å². The Morgan fingerprint density at radius 3 is 2.81 bits per heavy atom. The van der Waals surface area contributed by atoms with E-state index >= 15 is 0 Å². The maximum absolute atomic E-state index is 12.0. The molecular weight excluding hydrogens is 268 g/mol. The van der Waals surface area contributed by atoms with Gasteiger partial charge < -0.3 is 9.52 Å². The maximum Gasteiger partial charge on any atom is 0.275 e. The van der Waals surface area contributed by atoms with Crippen LogP contribution in [-0.4, -0.2) is 17.2 Å². The fourth-order valence-corrected chi connectivity index (χ4v) is 2.02. The highest BCUT2D eigenvalue weighted by atomic mass is 16.3. The number of hydrazone groups is 1. The Hall–Kier alpha value is -3.08. The van der Waals surface area contributed by atoms with Crippen molar-refractivity contribution in [3.63, 3.8) is 0 Å². The van der Waals surface area contributed by atoms with Crippen LogP contribution in [0.5, 0.6) is 5.75 Å². The molecule has 0 spiro atoms. The largest absolute Gasteiger partial charge is 0.506 e. The molecule has 0 atom stereocenters. The molecule has 21 heavy (non-hydrogen) atoms. The first kappa shape index (κ1) is 12.9. The van der Waals surface area contributed by atoms with Gasteiger partial charge in [-0.05, 0) is 23.6 Å². The first-order valence-corrected chi connectivity index (χ1v) is 6.33. The molecule has 0 bridgehead atoms. The van der Waals surface area contributed by atoms with Gasteiger partial charge in [-0.3, -0.25) is 4.79 Å². The molecule has 0 aliphatic heterocycles. The lowest BCUT2D eigenvalue weighted by molar-refractivity contribution is 0.0952. The highest BCUT2D eigenvalue weighted by molar-refractivity contribution is 6.03. The first-order chi connectivity index (χ1) is 10.3. The van der Waals surface area contributed by atoms with Gasteiger partial charge in [-0.15, -0.1) is 0 Å². The monoisotopic (exact) mass is 280 g/mol. The van der Waals surface area contributed by atoms with Gasteiger partial charge in [0.05, 0.1) is 18.0 Å². The van der Waals surface area contributed by atoms with Gasteiger partial charge in [0.15, 0.2) is 0 Å². The van der Waals surface area contributed by atoms with Crippen molar-refractivity contribution in [3.05, 3.63) is 66.1 Å². The summed E-state index contributed by atoms with van der Waals surface area (Å²) >= 11 is 0. The SMILES string of the molecule is O=C(N/N=C\c1ccco1)c1ccc2ccccc2c1O. The van der Waals surface area contributed by atoms with Crippen molar-refractivity contribution in [3.8, 4) is 5.75 Å². The van der Waals surface area contributed by atoms with Crippen molar-refractivity contribution < 1.29 is 14.3 Å². The summed E-state index contributed by atoms with van der Waals surface area (Å²) < 4.78 is 5.05. The summed E-state index contributed by atoms with van der Waals surface area (Å²) in [5.41, 5.74) is 2.52. The molecular formula is C16H12N2O3. The van der Waals surface area contributed by atoms with Crippen LogP contribution in [0.25, 0.3) is 10.8 Å². The molecule has 0 unspecified atom stereocenters. The fraction of sp³-hybridized carbons (Fsp3) is 0. The number of aromatic hydroxyl groups is 1. The van der Waals surface area contributed by atoms with Crippen LogP contribution < -0.4 is 5.43 Å². The molecule has 1 aromatic heterocycles. The second kappa shape index (κ2) is 5.50. The number of benzene rings is 2. The van der Waals surface area contributed by atoms with Gasteiger partial charge in [0, 0.05) is 5.39 Å².